The number of carbonyl (C=O) groups is 2. The summed E-state index contributed by atoms with van der Waals surface area (Å²) in [6, 6.07) is 9.88. The van der Waals surface area contributed by atoms with Crippen molar-refractivity contribution in [1.82, 2.24) is 5.32 Å². The third kappa shape index (κ3) is 5.32. The van der Waals surface area contributed by atoms with E-state index in [0.717, 1.165) is 12.1 Å². The van der Waals surface area contributed by atoms with E-state index >= 15 is 0 Å². The van der Waals surface area contributed by atoms with Crippen LogP contribution < -0.4 is 10.6 Å². The lowest BCUT2D eigenvalue weighted by molar-refractivity contribution is -0.137. The molecule has 0 aliphatic carbocycles. The Hall–Kier alpha value is -2.87. The highest BCUT2D eigenvalue weighted by Gasteiger charge is 2.30. The van der Waals surface area contributed by atoms with Crippen molar-refractivity contribution in [3.63, 3.8) is 0 Å². The fourth-order valence-electron chi connectivity index (χ4n) is 2.22. The van der Waals surface area contributed by atoms with Crippen LogP contribution in [-0.2, 0) is 6.18 Å². The summed E-state index contributed by atoms with van der Waals surface area (Å²) >= 11 is 0. The van der Waals surface area contributed by atoms with Crippen LogP contribution in [0.3, 0.4) is 0 Å². The zero-order valence-electron chi connectivity index (χ0n) is 13.8. The fourth-order valence-corrected chi connectivity index (χ4v) is 2.22. The van der Waals surface area contributed by atoms with Gasteiger partial charge in [-0.1, -0.05) is 24.3 Å². The summed E-state index contributed by atoms with van der Waals surface area (Å²) in [5.74, 6) is -0.158. The number of nitrogens with one attached hydrogen (secondary N) is 2. The average molecular weight is 366 g/mol. The Bertz CT molecular complexity index is 806. The van der Waals surface area contributed by atoms with Crippen LogP contribution in [0.2, 0.25) is 0 Å². The van der Waals surface area contributed by atoms with Crippen LogP contribution in [-0.4, -0.2) is 23.5 Å². The number of anilines is 1. The van der Waals surface area contributed by atoms with E-state index in [9.17, 15) is 27.9 Å². The molecule has 3 N–H and O–H groups in total. The number of carbonyl (C=O) groups excluding carboxylic acids is 2. The van der Waals surface area contributed by atoms with Gasteiger partial charge in [-0.3, -0.25) is 4.79 Å². The molecule has 138 valence electrons. The minimum atomic E-state index is -4.51. The Balaban J connectivity index is 1.95. The van der Waals surface area contributed by atoms with E-state index in [1.54, 1.807) is 18.2 Å². The molecule has 5 nitrogen and oxygen atoms in total. The highest BCUT2D eigenvalue weighted by atomic mass is 19.4. The van der Waals surface area contributed by atoms with Gasteiger partial charge in [-0.15, -0.1) is 0 Å². The quantitative estimate of drug-likeness (QED) is 0.705. The number of hydrogen-bond donors (Lipinski definition) is 3. The molecular formula is C18H17F3N2O3. The van der Waals surface area contributed by atoms with Crippen LogP contribution in [0.1, 0.15) is 34.5 Å². The lowest BCUT2D eigenvalue weighted by Crippen LogP contribution is -2.32. The molecule has 0 aliphatic rings. The normalized spacial score (nSPS) is 12.3. The van der Waals surface area contributed by atoms with Crippen LogP contribution in [0.15, 0.2) is 48.5 Å². The van der Waals surface area contributed by atoms with Gasteiger partial charge < -0.3 is 15.7 Å². The molecule has 0 radical (unpaired) electrons. The van der Waals surface area contributed by atoms with Gasteiger partial charge in [0.2, 0.25) is 0 Å². The number of benzene rings is 2. The van der Waals surface area contributed by atoms with Gasteiger partial charge in [0.1, 0.15) is 0 Å². The fraction of sp³-hybridized carbons (Fsp3) is 0.222. The molecule has 2 rings (SSSR count). The molecule has 1 unspecified atom stereocenters. The third-order valence-corrected chi connectivity index (χ3v) is 3.58. The second-order valence-corrected chi connectivity index (χ2v) is 5.61. The number of ketones is 1. The number of Topliss-reactive ketones (excluding diaryl/α,β-unsaturated/α-hetero) is 1. The number of urea groups is 1. The second kappa shape index (κ2) is 8.01. The zero-order chi connectivity index (χ0) is 19.3. The summed E-state index contributed by atoms with van der Waals surface area (Å²) in [5, 5.41) is 14.8. The van der Waals surface area contributed by atoms with Gasteiger partial charge in [-0.05, 0) is 36.8 Å². The van der Waals surface area contributed by atoms with Gasteiger partial charge in [0.05, 0.1) is 11.7 Å². The number of halogens is 3. The standard InChI is InChI=1S/C18H17F3N2O3/c1-11(24)12-4-3-7-15(9-12)23-17(26)22-10-16(25)13-5-2-6-14(8-13)18(19,20)21/h2-9,16,25H,10H2,1H3,(H2,22,23,26). The Morgan fingerprint density at radius 2 is 1.81 bits per heavy atom. The maximum Gasteiger partial charge on any atom is 0.416 e. The van der Waals surface area contributed by atoms with Gasteiger partial charge in [-0.25, -0.2) is 4.79 Å². The Morgan fingerprint density at radius 3 is 2.46 bits per heavy atom. The first-order valence-electron chi connectivity index (χ1n) is 7.68. The number of aliphatic hydroxyl groups excluding tert-OH is 1. The number of alkyl halides is 3. The molecule has 2 aromatic rings. The number of hydrogen-bond acceptors (Lipinski definition) is 3. The molecule has 0 fully saturated rings. The van der Waals surface area contributed by atoms with Crippen LogP contribution >= 0.6 is 0 Å². The predicted molar refractivity (Wildman–Crippen MR) is 89.9 cm³/mol. The molecule has 26 heavy (non-hydrogen) atoms. The van der Waals surface area contributed by atoms with Gasteiger partial charge in [0.25, 0.3) is 0 Å². The highest BCUT2D eigenvalue weighted by Crippen LogP contribution is 2.30. The van der Waals surface area contributed by atoms with Crippen molar-refractivity contribution in [3.05, 3.63) is 65.2 Å². The topological polar surface area (TPSA) is 78.4 Å². The van der Waals surface area contributed by atoms with Gasteiger partial charge in [0.15, 0.2) is 5.78 Å². The minimum absolute atomic E-state index is 0.0405. The first kappa shape index (κ1) is 19.5. The lowest BCUT2D eigenvalue weighted by atomic mass is 10.1. The van der Waals surface area contributed by atoms with E-state index in [1.807, 2.05) is 0 Å². The van der Waals surface area contributed by atoms with Crippen LogP contribution in [0.4, 0.5) is 23.7 Å². The third-order valence-electron chi connectivity index (χ3n) is 3.58. The van der Waals surface area contributed by atoms with E-state index in [0.29, 0.717) is 11.3 Å². The van der Waals surface area contributed by atoms with Crippen LogP contribution in [0.5, 0.6) is 0 Å². The minimum Gasteiger partial charge on any atom is -0.387 e. The van der Waals surface area contributed by atoms with Crippen molar-refractivity contribution in [2.45, 2.75) is 19.2 Å². The van der Waals surface area contributed by atoms with E-state index in [2.05, 4.69) is 10.6 Å². The van der Waals surface area contributed by atoms with Crippen molar-refractivity contribution in [1.29, 1.82) is 0 Å². The summed E-state index contributed by atoms with van der Waals surface area (Å²) in [4.78, 5) is 23.2. The van der Waals surface area contributed by atoms with Crippen molar-refractivity contribution in [3.8, 4) is 0 Å². The monoisotopic (exact) mass is 366 g/mol. The van der Waals surface area contributed by atoms with Crippen LogP contribution in [0.25, 0.3) is 0 Å². The SMILES string of the molecule is CC(=O)c1cccc(NC(=O)NCC(O)c2cccc(C(F)(F)F)c2)c1. The maximum absolute atomic E-state index is 12.7. The van der Waals surface area contributed by atoms with E-state index in [4.69, 9.17) is 0 Å². The Labute approximate surface area is 147 Å². The first-order valence-corrected chi connectivity index (χ1v) is 7.68. The molecule has 2 amide bonds. The molecule has 2 aromatic carbocycles. The second-order valence-electron chi connectivity index (χ2n) is 5.61. The van der Waals surface area contributed by atoms with Crippen molar-refractivity contribution in [2.75, 3.05) is 11.9 Å². The Morgan fingerprint density at radius 1 is 1.12 bits per heavy atom. The van der Waals surface area contributed by atoms with Gasteiger partial charge in [-0.2, -0.15) is 13.2 Å². The molecule has 0 saturated carbocycles. The summed E-state index contributed by atoms with van der Waals surface area (Å²) in [6.45, 7) is 1.12. The van der Waals surface area contributed by atoms with Crippen molar-refractivity contribution < 1.29 is 27.9 Å². The number of amides is 2. The molecular weight excluding hydrogens is 349 g/mol. The van der Waals surface area contributed by atoms with E-state index < -0.39 is 23.9 Å². The molecule has 0 heterocycles. The molecule has 0 spiro atoms. The number of aliphatic hydroxyl groups is 1. The maximum atomic E-state index is 12.7. The molecule has 0 saturated heterocycles. The molecule has 1 atom stereocenters. The van der Waals surface area contributed by atoms with E-state index in [1.165, 1.54) is 25.1 Å². The highest BCUT2D eigenvalue weighted by molar-refractivity contribution is 5.96. The first-order chi connectivity index (χ1) is 12.2. The van der Waals surface area contributed by atoms with Gasteiger partial charge in [0, 0.05) is 17.8 Å². The van der Waals surface area contributed by atoms with Crippen molar-refractivity contribution >= 4 is 17.5 Å². The Kier molecular flexibility index (Phi) is 5.99. The predicted octanol–water partition coefficient (Wildman–Crippen LogP) is 3.76. The van der Waals surface area contributed by atoms with Crippen molar-refractivity contribution in [2.24, 2.45) is 0 Å². The molecule has 8 heteroatoms. The summed E-state index contributed by atoms with van der Waals surface area (Å²) < 4.78 is 38.1. The summed E-state index contributed by atoms with van der Waals surface area (Å²) in [5.41, 5.74) is -0.0335. The number of rotatable bonds is 5. The molecule has 0 aliphatic heterocycles. The average Bonchev–Trinajstić information content (AvgIpc) is 2.59. The smallest absolute Gasteiger partial charge is 0.387 e. The zero-order valence-corrected chi connectivity index (χ0v) is 13.8. The largest absolute Gasteiger partial charge is 0.416 e. The van der Waals surface area contributed by atoms with Gasteiger partial charge >= 0.3 is 12.2 Å². The molecule has 0 aromatic heterocycles. The summed E-state index contributed by atoms with van der Waals surface area (Å²) in [7, 11) is 0. The van der Waals surface area contributed by atoms with E-state index in [-0.39, 0.29) is 17.9 Å². The molecule has 0 bridgehead atoms. The van der Waals surface area contributed by atoms with Crippen LogP contribution in [0, 0.1) is 0 Å². The lowest BCUT2D eigenvalue weighted by Gasteiger charge is -2.15. The summed E-state index contributed by atoms with van der Waals surface area (Å²) in [6.07, 6.45) is -5.81.